The Hall–Kier alpha value is -4.17. The summed E-state index contributed by atoms with van der Waals surface area (Å²) in [6.07, 6.45) is -0.0123. The van der Waals surface area contributed by atoms with Crippen LogP contribution in [0, 0.1) is 5.92 Å². The second-order valence-corrected chi connectivity index (χ2v) is 8.56. The first-order valence-electron chi connectivity index (χ1n) is 10.8. The minimum atomic E-state index is -0.679. The molecule has 2 heterocycles. The second-order valence-electron chi connectivity index (χ2n) is 8.13. The highest BCUT2D eigenvalue weighted by atomic mass is 35.5. The number of carbonyl (C=O) groups excluding carboxylic acids is 4. The Balaban J connectivity index is 1.28. The normalized spacial score (nSPS) is 17.1. The van der Waals surface area contributed by atoms with E-state index in [9.17, 15) is 19.2 Å². The van der Waals surface area contributed by atoms with E-state index >= 15 is 0 Å². The maximum Gasteiger partial charge on any atom is 0.316 e. The zero-order valence-electron chi connectivity index (χ0n) is 18.6. The van der Waals surface area contributed by atoms with Crippen LogP contribution in [0.2, 0.25) is 5.02 Å². The highest BCUT2D eigenvalue weighted by Gasteiger charge is 2.38. The molecule has 0 saturated carbocycles. The third-order valence-corrected chi connectivity index (χ3v) is 6.23. The van der Waals surface area contributed by atoms with Crippen molar-refractivity contribution in [3.63, 3.8) is 0 Å². The number of benzene rings is 3. The van der Waals surface area contributed by atoms with Crippen molar-refractivity contribution >= 4 is 46.7 Å². The van der Waals surface area contributed by atoms with Crippen LogP contribution >= 0.6 is 11.6 Å². The quantitative estimate of drug-likeness (QED) is 0.303. The Morgan fingerprint density at radius 3 is 2.23 bits per heavy atom. The number of esters is 1. The fraction of sp³-hybridized carbons (Fsp3) is 0.154. The molecule has 3 aromatic carbocycles. The predicted octanol–water partition coefficient (Wildman–Crippen LogP) is 4.11. The number of hydrogen-bond donors (Lipinski definition) is 0. The summed E-state index contributed by atoms with van der Waals surface area (Å²) in [6.45, 7) is 0.126. The number of rotatable bonds is 5. The first-order chi connectivity index (χ1) is 16.9. The smallest absolute Gasteiger partial charge is 0.316 e. The van der Waals surface area contributed by atoms with E-state index in [4.69, 9.17) is 21.1 Å². The number of nitrogens with zero attached hydrogens (tertiary/aromatic N) is 2. The maximum atomic E-state index is 12.8. The highest BCUT2D eigenvalue weighted by Crippen LogP contribution is 2.36. The minimum Gasteiger partial charge on any atom is -0.495 e. The fourth-order valence-electron chi connectivity index (χ4n) is 4.26. The van der Waals surface area contributed by atoms with Gasteiger partial charge in [0.25, 0.3) is 11.8 Å². The van der Waals surface area contributed by atoms with E-state index in [1.54, 1.807) is 42.5 Å². The molecule has 1 fully saturated rings. The minimum absolute atomic E-state index is 0.0123. The Morgan fingerprint density at radius 1 is 0.943 bits per heavy atom. The molecule has 3 aromatic rings. The summed E-state index contributed by atoms with van der Waals surface area (Å²) in [5.41, 5.74) is 1.55. The number of hydrogen-bond acceptors (Lipinski definition) is 6. The molecule has 0 aliphatic carbocycles. The average molecular weight is 491 g/mol. The molecule has 0 unspecified atom stereocenters. The molecular weight excluding hydrogens is 472 g/mol. The lowest BCUT2D eigenvalue weighted by Gasteiger charge is -2.19. The Morgan fingerprint density at radius 2 is 1.60 bits per heavy atom. The van der Waals surface area contributed by atoms with Gasteiger partial charge in [0, 0.05) is 18.0 Å². The molecule has 9 heteroatoms. The van der Waals surface area contributed by atoms with Crippen LogP contribution in [0.15, 0.2) is 66.7 Å². The Kier molecular flexibility index (Phi) is 5.74. The Bertz CT molecular complexity index is 1340. The number of halogens is 1. The standard InChI is InChI=1S/C26H19ClN2O6/c1-34-22-11-6-16(27)13-21(22)28-14-15(12-23(28)30)26(33)35-18-9-7-17(8-10-18)29-24(31)19-4-2-3-5-20(19)25(29)32/h2-11,13,15H,12,14H2,1H3/t15-/m1/s1. The van der Waals surface area contributed by atoms with Crippen LogP contribution in [0.5, 0.6) is 11.5 Å². The molecule has 2 aliphatic rings. The first kappa shape index (κ1) is 22.6. The van der Waals surface area contributed by atoms with Crippen molar-refractivity contribution in [1.29, 1.82) is 0 Å². The molecular formula is C26H19ClN2O6. The summed E-state index contributed by atoms with van der Waals surface area (Å²) in [5.74, 6) is -1.58. The molecule has 0 aromatic heterocycles. The van der Waals surface area contributed by atoms with Crippen LogP contribution in [-0.4, -0.2) is 37.3 Å². The lowest BCUT2D eigenvalue weighted by atomic mass is 10.1. The van der Waals surface area contributed by atoms with Crippen LogP contribution in [0.25, 0.3) is 0 Å². The molecule has 5 rings (SSSR count). The van der Waals surface area contributed by atoms with Gasteiger partial charge in [-0.1, -0.05) is 23.7 Å². The van der Waals surface area contributed by atoms with E-state index in [2.05, 4.69) is 0 Å². The number of carbonyl (C=O) groups is 4. The van der Waals surface area contributed by atoms with Gasteiger partial charge in [-0.25, -0.2) is 4.90 Å². The van der Waals surface area contributed by atoms with Gasteiger partial charge in [0.15, 0.2) is 0 Å². The van der Waals surface area contributed by atoms with Gasteiger partial charge < -0.3 is 14.4 Å². The molecule has 0 bridgehead atoms. The molecule has 35 heavy (non-hydrogen) atoms. The third-order valence-electron chi connectivity index (χ3n) is 6.00. The summed E-state index contributed by atoms with van der Waals surface area (Å²) in [6, 6.07) is 17.6. The van der Waals surface area contributed by atoms with Crippen molar-refractivity contribution in [2.75, 3.05) is 23.5 Å². The summed E-state index contributed by atoms with van der Waals surface area (Å²) in [5, 5.41) is 0.442. The van der Waals surface area contributed by atoms with Gasteiger partial charge in [-0.15, -0.1) is 0 Å². The molecule has 0 spiro atoms. The van der Waals surface area contributed by atoms with Gasteiger partial charge in [-0.2, -0.15) is 0 Å². The van der Waals surface area contributed by atoms with E-state index in [-0.39, 0.29) is 24.6 Å². The number of methoxy groups -OCH3 is 1. The summed E-state index contributed by atoms with van der Waals surface area (Å²) >= 11 is 6.08. The predicted molar refractivity (Wildman–Crippen MR) is 128 cm³/mol. The zero-order valence-corrected chi connectivity index (χ0v) is 19.3. The van der Waals surface area contributed by atoms with E-state index in [1.807, 2.05) is 0 Å². The molecule has 2 aliphatic heterocycles. The summed E-state index contributed by atoms with van der Waals surface area (Å²) in [4.78, 5) is 53.3. The average Bonchev–Trinajstić information content (AvgIpc) is 3.37. The number of anilines is 2. The molecule has 1 saturated heterocycles. The van der Waals surface area contributed by atoms with Crippen LogP contribution < -0.4 is 19.3 Å². The van der Waals surface area contributed by atoms with Crippen molar-refractivity contribution in [3.05, 3.63) is 82.9 Å². The van der Waals surface area contributed by atoms with E-state index in [0.29, 0.717) is 33.3 Å². The third kappa shape index (κ3) is 4.02. The molecule has 176 valence electrons. The van der Waals surface area contributed by atoms with Crippen molar-refractivity contribution in [2.45, 2.75) is 6.42 Å². The van der Waals surface area contributed by atoms with Crippen molar-refractivity contribution in [3.8, 4) is 11.5 Å². The summed E-state index contributed by atoms with van der Waals surface area (Å²) in [7, 11) is 1.49. The zero-order chi connectivity index (χ0) is 24.7. The summed E-state index contributed by atoms with van der Waals surface area (Å²) < 4.78 is 10.8. The topological polar surface area (TPSA) is 93.2 Å². The van der Waals surface area contributed by atoms with E-state index < -0.39 is 23.7 Å². The van der Waals surface area contributed by atoms with Gasteiger partial charge in [-0.05, 0) is 54.6 Å². The number of amides is 3. The van der Waals surface area contributed by atoms with Gasteiger partial charge in [0.05, 0.1) is 35.5 Å². The number of fused-ring (bicyclic) bond motifs is 1. The van der Waals surface area contributed by atoms with E-state index in [0.717, 1.165) is 4.90 Å². The highest BCUT2D eigenvalue weighted by molar-refractivity contribution is 6.34. The van der Waals surface area contributed by atoms with Crippen molar-refractivity contribution in [1.82, 2.24) is 0 Å². The van der Waals surface area contributed by atoms with Gasteiger partial charge in [-0.3, -0.25) is 19.2 Å². The molecule has 8 nitrogen and oxygen atoms in total. The van der Waals surface area contributed by atoms with Crippen LogP contribution in [0.3, 0.4) is 0 Å². The van der Waals surface area contributed by atoms with E-state index in [1.165, 1.54) is 36.3 Å². The Labute approximate surface area is 205 Å². The largest absolute Gasteiger partial charge is 0.495 e. The van der Waals surface area contributed by atoms with Gasteiger partial charge in [0.1, 0.15) is 11.5 Å². The van der Waals surface area contributed by atoms with Gasteiger partial charge in [0.2, 0.25) is 5.91 Å². The van der Waals surface area contributed by atoms with Crippen LogP contribution in [-0.2, 0) is 9.59 Å². The first-order valence-corrected chi connectivity index (χ1v) is 11.2. The molecule has 3 amide bonds. The number of imide groups is 1. The molecule has 0 radical (unpaired) electrons. The lowest BCUT2D eigenvalue weighted by molar-refractivity contribution is -0.139. The molecule has 1 atom stereocenters. The lowest BCUT2D eigenvalue weighted by Crippen LogP contribution is -2.29. The fourth-order valence-corrected chi connectivity index (χ4v) is 4.43. The maximum absolute atomic E-state index is 12.8. The SMILES string of the molecule is COc1ccc(Cl)cc1N1C[C@H](C(=O)Oc2ccc(N3C(=O)c4ccccc4C3=O)cc2)CC1=O. The van der Waals surface area contributed by atoms with Crippen LogP contribution in [0.1, 0.15) is 27.1 Å². The monoisotopic (exact) mass is 490 g/mol. The van der Waals surface area contributed by atoms with Crippen molar-refractivity contribution in [2.24, 2.45) is 5.92 Å². The molecule has 0 N–H and O–H groups in total. The van der Waals surface area contributed by atoms with Crippen LogP contribution in [0.4, 0.5) is 11.4 Å². The van der Waals surface area contributed by atoms with Crippen molar-refractivity contribution < 1.29 is 28.7 Å². The number of ether oxygens (including phenoxy) is 2. The second kappa shape index (κ2) is 8.88. The van der Waals surface area contributed by atoms with Gasteiger partial charge >= 0.3 is 5.97 Å².